The van der Waals surface area contributed by atoms with Gasteiger partial charge in [0.25, 0.3) is 0 Å². The SMILES string of the molecule is CCC(C(=O)Nc1cc(NC2CCNC2)ccc1C)n1cc(F)cc2nc(SCc3ccc(F)cc3)nc1-2. The molecule has 1 fully saturated rings. The van der Waals surface area contributed by atoms with Gasteiger partial charge in [0.05, 0.1) is 0 Å². The summed E-state index contributed by atoms with van der Waals surface area (Å²) in [5.41, 5.74) is 3.89. The van der Waals surface area contributed by atoms with Crippen LogP contribution in [0.15, 0.2) is 59.9 Å². The molecule has 7 nitrogen and oxygen atoms in total. The molecule has 38 heavy (non-hydrogen) atoms. The second kappa shape index (κ2) is 11.5. The number of fused-ring (bicyclic) bond motifs is 1. The predicted octanol–water partition coefficient (Wildman–Crippen LogP) is 5.63. The minimum absolute atomic E-state index is 0.254. The average molecular weight is 537 g/mol. The van der Waals surface area contributed by atoms with Crippen LogP contribution in [0.4, 0.5) is 20.2 Å². The van der Waals surface area contributed by atoms with E-state index in [4.69, 9.17) is 0 Å². The number of nitrogens with one attached hydrogen (secondary N) is 3. The number of amides is 1. The van der Waals surface area contributed by atoms with Crippen molar-refractivity contribution in [3.8, 4) is 11.5 Å². The number of anilines is 2. The van der Waals surface area contributed by atoms with Crippen LogP contribution in [0, 0.1) is 18.6 Å². The Hall–Kier alpha value is -3.50. The zero-order valence-electron chi connectivity index (χ0n) is 21.3. The fourth-order valence-electron chi connectivity index (χ4n) is 4.59. The molecule has 3 aliphatic rings. The van der Waals surface area contributed by atoms with Gasteiger partial charge in [0.15, 0.2) is 11.0 Å². The van der Waals surface area contributed by atoms with Crippen molar-refractivity contribution in [3.05, 3.63) is 77.5 Å². The standard InChI is InChI=1S/C28H30F2N6OS/c1-3-25(27(37)33-23-13-21(9-4-17(23)2)32-22-10-11-31-14-22)36-15-20(30)12-24-26(36)35-28(34-24)38-16-18-5-7-19(29)8-6-18/h4-9,12-13,15,22,25,31-32H,3,10-11,14,16H2,1-2H3,(H,33,37). The lowest BCUT2D eigenvalue weighted by Crippen LogP contribution is -2.27. The van der Waals surface area contributed by atoms with Gasteiger partial charge in [-0.05, 0) is 61.7 Å². The lowest BCUT2D eigenvalue weighted by molar-refractivity contribution is -0.119. The van der Waals surface area contributed by atoms with Crippen molar-refractivity contribution >= 4 is 29.0 Å². The predicted molar refractivity (Wildman–Crippen MR) is 147 cm³/mol. The van der Waals surface area contributed by atoms with Gasteiger partial charge in [-0.2, -0.15) is 0 Å². The molecule has 198 valence electrons. The number of aryl methyl sites for hydroxylation is 1. The maximum Gasteiger partial charge on any atom is 0.247 e. The van der Waals surface area contributed by atoms with E-state index in [9.17, 15) is 13.6 Å². The third kappa shape index (κ3) is 5.97. The molecule has 2 aromatic carbocycles. The number of nitrogens with zero attached hydrogens (tertiary/aromatic N) is 3. The van der Waals surface area contributed by atoms with Crippen LogP contribution in [0.25, 0.3) is 11.5 Å². The van der Waals surface area contributed by atoms with Crippen LogP contribution in [0.1, 0.15) is 36.9 Å². The van der Waals surface area contributed by atoms with Crippen molar-refractivity contribution in [1.29, 1.82) is 0 Å². The van der Waals surface area contributed by atoms with E-state index in [1.165, 1.54) is 36.2 Å². The Bertz CT molecular complexity index is 1390. The maximum atomic E-state index is 14.6. The summed E-state index contributed by atoms with van der Waals surface area (Å²) >= 11 is 1.37. The summed E-state index contributed by atoms with van der Waals surface area (Å²) in [5.74, 6) is -0.0613. The summed E-state index contributed by atoms with van der Waals surface area (Å²) in [6.45, 7) is 5.72. The fraction of sp³-hybridized carbons (Fsp3) is 0.321. The highest BCUT2D eigenvalue weighted by molar-refractivity contribution is 7.98. The Kier molecular flexibility index (Phi) is 7.90. The number of halogens is 2. The van der Waals surface area contributed by atoms with Crippen molar-refractivity contribution < 1.29 is 13.6 Å². The quantitative estimate of drug-likeness (QED) is 0.241. The number of carbonyl (C=O) groups is 1. The molecule has 0 spiro atoms. The lowest BCUT2D eigenvalue weighted by Gasteiger charge is -2.22. The molecule has 1 amide bonds. The Labute approximate surface area is 224 Å². The minimum Gasteiger partial charge on any atom is -0.381 e. The van der Waals surface area contributed by atoms with Crippen LogP contribution in [-0.2, 0) is 10.5 Å². The Morgan fingerprint density at radius 2 is 1.97 bits per heavy atom. The number of hydrogen-bond acceptors (Lipinski definition) is 6. The zero-order valence-corrected chi connectivity index (χ0v) is 22.1. The molecular weight excluding hydrogens is 506 g/mol. The van der Waals surface area contributed by atoms with Crippen LogP contribution in [0.5, 0.6) is 0 Å². The van der Waals surface area contributed by atoms with Gasteiger partial charge in [-0.25, -0.2) is 18.7 Å². The van der Waals surface area contributed by atoms with E-state index in [1.807, 2.05) is 32.0 Å². The van der Waals surface area contributed by atoms with Crippen LogP contribution < -0.4 is 16.0 Å². The van der Waals surface area contributed by atoms with E-state index in [0.29, 0.717) is 40.6 Å². The van der Waals surface area contributed by atoms with Crippen molar-refractivity contribution in [2.24, 2.45) is 0 Å². The minimum atomic E-state index is -0.685. The van der Waals surface area contributed by atoms with Crippen LogP contribution in [0.2, 0.25) is 0 Å². The first-order chi connectivity index (χ1) is 18.4. The molecule has 0 radical (unpaired) electrons. The smallest absolute Gasteiger partial charge is 0.247 e. The Morgan fingerprint density at radius 3 is 2.71 bits per heavy atom. The van der Waals surface area contributed by atoms with Crippen molar-refractivity contribution in [3.63, 3.8) is 0 Å². The molecule has 0 aromatic heterocycles. The summed E-state index contributed by atoms with van der Waals surface area (Å²) in [7, 11) is 0. The molecule has 10 heteroatoms. The molecule has 3 N–H and O–H groups in total. The zero-order chi connectivity index (χ0) is 26.6. The summed E-state index contributed by atoms with van der Waals surface area (Å²) in [5, 5.41) is 10.4. The maximum absolute atomic E-state index is 14.6. The molecule has 1 saturated heterocycles. The van der Waals surface area contributed by atoms with Crippen LogP contribution >= 0.6 is 11.8 Å². The topological polar surface area (TPSA) is 83.9 Å². The molecule has 2 atom stereocenters. The van der Waals surface area contributed by atoms with Crippen LogP contribution in [-0.4, -0.2) is 39.6 Å². The van der Waals surface area contributed by atoms with Gasteiger partial charge >= 0.3 is 0 Å². The number of aromatic nitrogens is 3. The van der Waals surface area contributed by atoms with Gasteiger partial charge in [-0.1, -0.05) is 36.9 Å². The largest absolute Gasteiger partial charge is 0.381 e. The number of carbonyl (C=O) groups excluding carboxylic acids is 1. The summed E-state index contributed by atoms with van der Waals surface area (Å²) < 4.78 is 29.4. The van der Waals surface area contributed by atoms with Crippen molar-refractivity contribution in [2.45, 2.75) is 49.7 Å². The van der Waals surface area contributed by atoms with Gasteiger partial charge in [-0.15, -0.1) is 0 Å². The van der Waals surface area contributed by atoms with E-state index in [-0.39, 0.29) is 11.7 Å². The average Bonchev–Trinajstić information content (AvgIpc) is 3.56. The molecule has 0 aliphatic carbocycles. The first kappa shape index (κ1) is 26.1. The molecule has 2 aromatic rings. The molecule has 3 heterocycles. The van der Waals surface area contributed by atoms with Gasteiger partial charge in [0, 0.05) is 42.0 Å². The highest BCUT2D eigenvalue weighted by Gasteiger charge is 2.26. The van der Waals surface area contributed by atoms with E-state index in [1.54, 1.807) is 16.7 Å². The lowest BCUT2D eigenvalue weighted by atomic mass is 10.1. The highest BCUT2D eigenvalue weighted by atomic mass is 32.2. The summed E-state index contributed by atoms with van der Waals surface area (Å²) in [6.07, 6.45) is 2.78. The Balaban J connectivity index is 1.35. The van der Waals surface area contributed by atoms with E-state index < -0.39 is 11.9 Å². The number of benzene rings is 2. The Morgan fingerprint density at radius 1 is 1.16 bits per heavy atom. The summed E-state index contributed by atoms with van der Waals surface area (Å²) in [6, 6.07) is 13.1. The van der Waals surface area contributed by atoms with Crippen molar-refractivity contribution in [1.82, 2.24) is 19.9 Å². The molecule has 2 unspecified atom stereocenters. The molecule has 3 aliphatic heterocycles. The summed E-state index contributed by atoms with van der Waals surface area (Å²) in [4.78, 5) is 22.6. The first-order valence-corrected chi connectivity index (χ1v) is 13.7. The number of imidazole rings is 1. The third-order valence-electron chi connectivity index (χ3n) is 6.66. The van der Waals surface area contributed by atoms with Gasteiger partial charge in [0.1, 0.15) is 23.4 Å². The molecule has 0 bridgehead atoms. The van der Waals surface area contributed by atoms with Gasteiger partial charge in [-0.3, -0.25) is 4.79 Å². The molecular formula is C28H30F2N6OS. The number of pyridine rings is 1. The number of rotatable bonds is 9. The first-order valence-electron chi connectivity index (χ1n) is 12.7. The third-order valence-corrected chi connectivity index (χ3v) is 7.58. The van der Waals surface area contributed by atoms with Crippen molar-refractivity contribution in [2.75, 3.05) is 23.7 Å². The van der Waals surface area contributed by atoms with Gasteiger partial charge in [0.2, 0.25) is 5.91 Å². The van der Waals surface area contributed by atoms with Crippen LogP contribution in [0.3, 0.4) is 0 Å². The van der Waals surface area contributed by atoms with Gasteiger partial charge < -0.3 is 20.5 Å². The normalized spacial score (nSPS) is 16.1. The molecule has 5 rings (SSSR count). The molecule has 0 saturated carbocycles. The second-order valence-electron chi connectivity index (χ2n) is 9.47. The monoisotopic (exact) mass is 536 g/mol. The van der Waals surface area contributed by atoms with E-state index >= 15 is 0 Å². The van der Waals surface area contributed by atoms with E-state index in [0.717, 1.165) is 36.3 Å². The second-order valence-corrected chi connectivity index (χ2v) is 10.4. The number of hydrogen-bond donors (Lipinski definition) is 3. The van der Waals surface area contributed by atoms with E-state index in [2.05, 4.69) is 25.9 Å². The number of thioether (sulfide) groups is 1. The fourth-order valence-corrected chi connectivity index (χ4v) is 5.39. The highest BCUT2D eigenvalue weighted by Crippen LogP contribution is 2.31.